The van der Waals surface area contributed by atoms with Crippen molar-refractivity contribution in [3.8, 4) is 11.1 Å². The van der Waals surface area contributed by atoms with Crippen LogP contribution in [0.3, 0.4) is 0 Å². The van der Waals surface area contributed by atoms with Crippen LogP contribution in [0.4, 0.5) is 8.78 Å². The van der Waals surface area contributed by atoms with Gasteiger partial charge in [0.2, 0.25) is 0 Å². The Labute approximate surface area is 119 Å². The lowest BCUT2D eigenvalue weighted by atomic mass is 10.0. The van der Waals surface area contributed by atoms with Crippen LogP contribution in [0.2, 0.25) is 0 Å². The van der Waals surface area contributed by atoms with Crippen LogP contribution in [0, 0.1) is 11.6 Å². The second-order valence-corrected chi connectivity index (χ2v) is 4.54. The normalized spacial score (nSPS) is 10.8. The monoisotopic (exact) mass is 287 g/mol. The number of fused-ring (bicyclic) bond motifs is 1. The number of esters is 1. The van der Waals surface area contributed by atoms with E-state index in [1.165, 1.54) is 13.2 Å². The minimum absolute atomic E-state index is 0.0793. The summed E-state index contributed by atoms with van der Waals surface area (Å²) in [6.45, 7) is 0. The lowest BCUT2D eigenvalue weighted by Gasteiger charge is -2.03. The SMILES string of the molecule is COC(=O)c1[nH]c2c(F)cc(F)cc2c1-c1ccccc1. The number of benzene rings is 2. The minimum Gasteiger partial charge on any atom is -0.464 e. The molecule has 1 heterocycles. The molecule has 0 bridgehead atoms. The highest BCUT2D eigenvalue weighted by Crippen LogP contribution is 2.34. The molecule has 0 spiro atoms. The van der Waals surface area contributed by atoms with Crippen molar-refractivity contribution in [2.75, 3.05) is 7.11 Å². The first-order valence-corrected chi connectivity index (χ1v) is 6.26. The van der Waals surface area contributed by atoms with Crippen LogP contribution in [-0.4, -0.2) is 18.1 Å². The number of ether oxygens (including phenoxy) is 1. The number of hydrogen-bond donors (Lipinski definition) is 1. The van der Waals surface area contributed by atoms with Gasteiger partial charge in [-0.05, 0) is 11.6 Å². The Morgan fingerprint density at radius 1 is 1.14 bits per heavy atom. The van der Waals surface area contributed by atoms with Gasteiger partial charge in [-0.25, -0.2) is 13.6 Å². The number of carbonyl (C=O) groups excluding carboxylic acids is 1. The molecular weight excluding hydrogens is 276 g/mol. The highest BCUT2D eigenvalue weighted by Gasteiger charge is 2.22. The lowest BCUT2D eigenvalue weighted by Crippen LogP contribution is -2.03. The molecule has 3 nitrogen and oxygen atoms in total. The summed E-state index contributed by atoms with van der Waals surface area (Å²) >= 11 is 0. The zero-order chi connectivity index (χ0) is 15.0. The zero-order valence-corrected chi connectivity index (χ0v) is 11.1. The number of methoxy groups -OCH3 is 1. The summed E-state index contributed by atoms with van der Waals surface area (Å²) in [5.41, 5.74) is 1.28. The Balaban J connectivity index is 2.41. The topological polar surface area (TPSA) is 42.1 Å². The number of carbonyl (C=O) groups is 1. The number of halogens is 2. The van der Waals surface area contributed by atoms with Gasteiger partial charge in [-0.1, -0.05) is 30.3 Å². The number of aromatic amines is 1. The summed E-state index contributed by atoms with van der Waals surface area (Å²) in [5.74, 6) is -2.09. The van der Waals surface area contributed by atoms with Gasteiger partial charge in [-0.3, -0.25) is 0 Å². The number of rotatable bonds is 2. The fourth-order valence-corrected chi connectivity index (χ4v) is 2.38. The van der Waals surface area contributed by atoms with E-state index < -0.39 is 17.6 Å². The largest absolute Gasteiger partial charge is 0.464 e. The van der Waals surface area contributed by atoms with Crippen LogP contribution in [0.5, 0.6) is 0 Å². The average Bonchev–Trinajstić information content (AvgIpc) is 2.87. The summed E-state index contributed by atoms with van der Waals surface area (Å²) < 4.78 is 32.1. The molecule has 0 fully saturated rings. The Morgan fingerprint density at radius 3 is 2.52 bits per heavy atom. The molecule has 0 saturated carbocycles. The molecule has 2 aromatic carbocycles. The molecule has 106 valence electrons. The molecule has 0 unspecified atom stereocenters. The number of hydrogen-bond acceptors (Lipinski definition) is 2. The maximum absolute atomic E-state index is 13.9. The van der Waals surface area contributed by atoms with E-state index in [1.54, 1.807) is 24.3 Å². The summed E-state index contributed by atoms with van der Waals surface area (Å²) in [6, 6.07) is 10.9. The van der Waals surface area contributed by atoms with Crippen molar-refractivity contribution in [3.63, 3.8) is 0 Å². The summed E-state index contributed by atoms with van der Waals surface area (Å²) in [4.78, 5) is 14.6. The molecule has 1 N–H and O–H groups in total. The van der Waals surface area contributed by atoms with E-state index in [2.05, 4.69) is 4.98 Å². The fraction of sp³-hybridized carbons (Fsp3) is 0.0625. The van der Waals surface area contributed by atoms with Crippen molar-refractivity contribution in [3.05, 3.63) is 59.8 Å². The van der Waals surface area contributed by atoms with Crippen LogP contribution >= 0.6 is 0 Å². The predicted molar refractivity (Wildman–Crippen MR) is 75.0 cm³/mol. The van der Waals surface area contributed by atoms with Crippen molar-refractivity contribution in [2.24, 2.45) is 0 Å². The Hall–Kier alpha value is -2.69. The van der Waals surface area contributed by atoms with Crippen LogP contribution in [0.25, 0.3) is 22.0 Å². The zero-order valence-electron chi connectivity index (χ0n) is 11.1. The second-order valence-electron chi connectivity index (χ2n) is 4.54. The van der Waals surface area contributed by atoms with Crippen LogP contribution in [-0.2, 0) is 4.74 Å². The van der Waals surface area contributed by atoms with Crippen LogP contribution in [0.15, 0.2) is 42.5 Å². The summed E-state index contributed by atoms with van der Waals surface area (Å²) in [6.07, 6.45) is 0. The van der Waals surface area contributed by atoms with Gasteiger partial charge < -0.3 is 9.72 Å². The number of H-pyrrole nitrogens is 1. The van der Waals surface area contributed by atoms with E-state index >= 15 is 0 Å². The van der Waals surface area contributed by atoms with E-state index in [4.69, 9.17) is 4.74 Å². The second kappa shape index (κ2) is 5.01. The van der Waals surface area contributed by atoms with Crippen molar-refractivity contribution in [2.45, 2.75) is 0 Å². The van der Waals surface area contributed by atoms with Gasteiger partial charge >= 0.3 is 5.97 Å². The van der Waals surface area contributed by atoms with Crippen molar-refractivity contribution < 1.29 is 18.3 Å². The smallest absolute Gasteiger partial charge is 0.355 e. The van der Waals surface area contributed by atoms with Crippen molar-refractivity contribution in [1.82, 2.24) is 4.98 Å². The molecular formula is C16H11F2NO2. The molecule has 1 aromatic heterocycles. The molecule has 5 heteroatoms. The molecule has 21 heavy (non-hydrogen) atoms. The van der Waals surface area contributed by atoms with Crippen molar-refractivity contribution in [1.29, 1.82) is 0 Å². The van der Waals surface area contributed by atoms with E-state index in [9.17, 15) is 13.6 Å². The fourth-order valence-electron chi connectivity index (χ4n) is 2.38. The van der Waals surface area contributed by atoms with Gasteiger partial charge in [-0.15, -0.1) is 0 Å². The Bertz CT molecular complexity index is 825. The summed E-state index contributed by atoms with van der Waals surface area (Å²) in [5, 5.41) is 0.305. The van der Waals surface area contributed by atoms with E-state index in [0.29, 0.717) is 16.5 Å². The number of aromatic nitrogens is 1. The highest BCUT2D eigenvalue weighted by molar-refractivity contribution is 6.08. The van der Waals surface area contributed by atoms with E-state index in [1.807, 2.05) is 6.07 Å². The third kappa shape index (κ3) is 2.16. The first-order chi connectivity index (χ1) is 10.1. The standard InChI is InChI=1S/C16H11F2NO2/c1-21-16(20)15-13(9-5-3-2-4-6-9)11-7-10(17)8-12(18)14(11)19-15/h2-8,19H,1H3. The molecule has 0 amide bonds. The van der Waals surface area contributed by atoms with Crippen molar-refractivity contribution >= 4 is 16.9 Å². The molecule has 0 aliphatic rings. The lowest BCUT2D eigenvalue weighted by molar-refractivity contribution is 0.0596. The molecule has 0 aliphatic heterocycles. The van der Waals surface area contributed by atoms with Gasteiger partial charge in [0, 0.05) is 17.0 Å². The number of nitrogens with one attached hydrogen (secondary N) is 1. The Kier molecular flexibility index (Phi) is 3.17. The molecule has 0 saturated heterocycles. The Morgan fingerprint density at radius 2 is 1.86 bits per heavy atom. The van der Waals surface area contributed by atoms with E-state index in [0.717, 1.165) is 6.07 Å². The first-order valence-electron chi connectivity index (χ1n) is 6.26. The highest BCUT2D eigenvalue weighted by atomic mass is 19.1. The quantitative estimate of drug-likeness (QED) is 0.726. The van der Waals surface area contributed by atoms with Gasteiger partial charge in [-0.2, -0.15) is 0 Å². The molecule has 0 radical (unpaired) electrons. The summed E-state index contributed by atoms with van der Waals surface area (Å²) in [7, 11) is 1.24. The first kappa shape index (κ1) is 13.3. The average molecular weight is 287 g/mol. The third-order valence-electron chi connectivity index (χ3n) is 3.28. The predicted octanol–water partition coefficient (Wildman–Crippen LogP) is 3.90. The molecule has 3 rings (SSSR count). The maximum Gasteiger partial charge on any atom is 0.355 e. The minimum atomic E-state index is -0.752. The molecule has 3 aromatic rings. The maximum atomic E-state index is 13.9. The van der Waals surface area contributed by atoms with Gasteiger partial charge in [0.05, 0.1) is 12.6 Å². The third-order valence-corrected chi connectivity index (χ3v) is 3.28. The van der Waals surface area contributed by atoms with Gasteiger partial charge in [0.1, 0.15) is 17.3 Å². The van der Waals surface area contributed by atoms with Gasteiger partial charge in [0.15, 0.2) is 0 Å². The molecule has 0 atom stereocenters. The molecule has 0 aliphatic carbocycles. The van der Waals surface area contributed by atoms with E-state index in [-0.39, 0.29) is 11.2 Å². The van der Waals surface area contributed by atoms with Gasteiger partial charge in [0.25, 0.3) is 0 Å². The van der Waals surface area contributed by atoms with Crippen LogP contribution in [0.1, 0.15) is 10.5 Å². The van der Waals surface area contributed by atoms with Crippen LogP contribution < -0.4 is 0 Å².